The van der Waals surface area contributed by atoms with E-state index in [1.54, 1.807) is 21.4 Å². The van der Waals surface area contributed by atoms with Gasteiger partial charge in [0.1, 0.15) is 6.07 Å². The van der Waals surface area contributed by atoms with Gasteiger partial charge in [0.25, 0.3) is 5.56 Å². The summed E-state index contributed by atoms with van der Waals surface area (Å²) in [6.07, 6.45) is 12.7. The molecule has 1 fully saturated rings. The highest BCUT2D eigenvalue weighted by Gasteiger charge is 2.26. The number of piperidine rings is 1. The number of fused-ring (bicyclic) bond motifs is 2. The van der Waals surface area contributed by atoms with Gasteiger partial charge in [0.2, 0.25) is 15.7 Å². The number of aromatic amines is 1. The van der Waals surface area contributed by atoms with Gasteiger partial charge < -0.3 is 18.9 Å². The van der Waals surface area contributed by atoms with Crippen LogP contribution in [-0.2, 0) is 10.0 Å². The first-order valence-electron chi connectivity index (χ1n) is 12.3. The average Bonchev–Trinajstić information content (AvgIpc) is 3.56. The Bertz CT molecular complexity index is 1760. The Morgan fingerprint density at radius 2 is 2.05 bits per heavy atom. The van der Waals surface area contributed by atoms with Crippen molar-refractivity contribution in [2.45, 2.75) is 25.3 Å². The molecule has 190 valence electrons. The number of rotatable bonds is 4. The van der Waals surface area contributed by atoms with E-state index in [4.69, 9.17) is 0 Å². The first-order chi connectivity index (χ1) is 17.8. The number of hydrogen-bond donors (Lipinski definition) is 1. The summed E-state index contributed by atoms with van der Waals surface area (Å²) in [6.45, 7) is 2.29. The summed E-state index contributed by atoms with van der Waals surface area (Å²) in [5.41, 5.74) is 4.63. The molecule has 0 aliphatic carbocycles. The molecule has 0 unspecified atom stereocenters. The molecule has 4 aromatic rings. The predicted octanol–water partition coefficient (Wildman–Crippen LogP) is 2.74. The molecule has 0 bridgehead atoms. The average molecular weight is 518 g/mol. The van der Waals surface area contributed by atoms with Crippen LogP contribution in [0.5, 0.6) is 0 Å². The first-order valence-corrected chi connectivity index (χ1v) is 14.2. The van der Waals surface area contributed by atoms with Gasteiger partial charge in [-0.25, -0.2) is 13.4 Å². The largest absolute Gasteiger partial charge is 0.369 e. The van der Waals surface area contributed by atoms with Crippen molar-refractivity contribution in [1.82, 2.24) is 23.2 Å². The lowest BCUT2D eigenvalue weighted by molar-refractivity contribution is 0.397. The molecule has 5 heterocycles. The third-order valence-corrected chi connectivity index (χ3v) is 8.76. The highest BCUT2D eigenvalue weighted by Crippen LogP contribution is 2.36. The summed E-state index contributed by atoms with van der Waals surface area (Å²) in [6, 6.07) is 8.19. The molecule has 0 radical (unpaired) electrons. The topological polar surface area (TPSA) is 120 Å². The number of aromatic nitrogens is 4. The van der Waals surface area contributed by atoms with E-state index in [-0.39, 0.29) is 11.6 Å². The van der Waals surface area contributed by atoms with Crippen LogP contribution < -0.4 is 10.5 Å². The number of sulfonamides is 1. The fraction of sp³-hybridized carbons (Fsp3) is 0.346. The van der Waals surface area contributed by atoms with Crippen LogP contribution in [0.4, 0.5) is 5.69 Å². The Hall–Kier alpha value is -3.88. The maximum atomic E-state index is 13.1. The molecular formula is C26H27N7O3S. The third kappa shape index (κ3) is 4.12. The lowest BCUT2D eigenvalue weighted by Crippen LogP contribution is -2.40. The van der Waals surface area contributed by atoms with Crippen LogP contribution in [0.3, 0.4) is 0 Å². The van der Waals surface area contributed by atoms with Gasteiger partial charge in [-0.3, -0.25) is 4.79 Å². The molecule has 37 heavy (non-hydrogen) atoms. The zero-order valence-corrected chi connectivity index (χ0v) is 21.3. The molecule has 2 aliphatic heterocycles. The fourth-order valence-electron chi connectivity index (χ4n) is 5.56. The third-order valence-electron chi connectivity index (χ3n) is 7.49. The number of H-pyrrole nitrogens is 1. The lowest BCUT2D eigenvalue weighted by atomic mass is 10.0. The Morgan fingerprint density at radius 3 is 2.81 bits per heavy atom. The fourth-order valence-corrected chi connectivity index (χ4v) is 6.32. The highest BCUT2D eigenvalue weighted by atomic mass is 32.2. The van der Waals surface area contributed by atoms with Crippen molar-refractivity contribution in [2.75, 3.05) is 37.3 Å². The molecule has 0 saturated carbocycles. The number of benzene rings is 1. The van der Waals surface area contributed by atoms with Crippen LogP contribution in [0.15, 0.2) is 53.9 Å². The minimum Gasteiger partial charge on any atom is -0.369 e. The molecule has 10 nitrogen and oxygen atoms in total. The van der Waals surface area contributed by atoms with E-state index in [1.807, 2.05) is 30.6 Å². The lowest BCUT2D eigenvalue weighted by Gasteiger charge is -2.35. The van der Waals surface area contributed by atoms with Crippen molar-refractivity contribution in [3.8, 4) is 6.07 Å². The number of anilines is 1. The van der Waals surface area contributed by atoms with Gasteiger partial charge in [0.05, 0.1) is 23.4 Å². The van der Waals surface area contributed by atoms with Crippen LogP contribution in [0.2, 0.25) is 0 Å². The highest BCUT2D eigenvalue weighted by molar-refractivity contribution is 7.88. The molecule has 0 spiro atoms. The van der Waals surface area contributed by atoms with Gasteiger partial charge in [-0.05, 0) is 43.0 Å². The number of nitriles is 1. The van der Waals surface area contributed by atoms with Crippen molar-refractivity contribution >= 4 is 37.8 Å². The number of imidazole rings is 1. The van der Waals surface area contributed by atoms with Gasteiger partial charge in [0.15, 0.2) is 0 Å². The van der Waals surface area contributed by atoms with E-state index in [1.165, 1.54) is 10.6 Å². The summed E-state index contributed by atoms with van der Waals surface area (Å²) in [5.74, 6) is 0. The van der Waals surface area contributed by atoms with E-state index in [0.29, 0.717) is 37.3 Å². The predicted molar refractivity (Wildman–Crippen MR) is 142 cm³/mol. The zero-order valence-electron chi connectivity index (χ0n) is 20.5. The normalized spacial score (nSPS) is 19.3. The Kier molecular flexibility index (Phi) is 5.66. The van der Waals surface area contributed by atoms with E-state index < -0.39 is 10.0 Å². The van der Waals surface area contributed by atoms with E-state index in [2.05, 4.69) is 27.0 Å². The Morgan fingerprint density at radius 1 is 1.19 bits per heavy atom. The quantitative estimate of drug-likeness (QED) is 0.445. The monoisotopic (exact) mass is 517 g/mol. The molecule has 1 N–H and O–H groups in total. The van der Waals surface area contributed by atoms with E-state index in [0.717, 1.165) is 47.2 Å². The van der Waals surface area contributed by atoms with E-state index in [9.17, 15) is 18.5 Å². The van der Waals surface area contributed by atoms with Crippen molar-refractivity contribution in [3.63, 3.8) is 0 Å². The standard InChI is InChI=1S/C26H27N7O3S/c1-37(35,36)32-10-6-18(7-11-32)22-15-21-23(5-4-19(16-27)24(21)29-22)31-9-2-3-20(17-31)33-14-13-30-12-8-28-25(30)26(33)34/h4-6,8,12-15,20,29H,2-3,7,9-11,17H2,1H3/t20-/m1/s1. The van der Waals surface area contributed by atoms with Gasteiger partial charge in [-0.1, -0.05) is 6.08 Å². The second-order valence-electron chi connectivity index (χ2n) is 9.73. The van der Waals surface area contributed by atoms with Gasteiger partial charge >= 0.3 is 0 Å². The Balaban J connectivity index is 1.35. The van der Waals surface area contributed by atoms with Gasteiger partial charge in [-0.2, -0.15) is 9.57 Å². The van der Waals surface area contributed by atoms with Crippen LogP contribution in [-0.4, -0.2) is 64.1 Å². The molecule has 2 aliphatic rings. The van der Waals surface area contributed by atoms with Gasteiger partial charge in [0, 0.05) is 67.7 Å². The minimum absolute atomic E-state index is 0.00934. The maximum Gasteiger partial charge on any atom is 0.294 e. The molecule has 1 aromatic carbocycles. The number of nitrogens with one attached hydrogen (secondary N) is 1. The molecule has 0 amide bonds. The Labute approximate surface area is 214 Å². The molecule has 1 saturated heterocycles. The van der Waals surface area contributed by atoms with Crippen LogP contribution in [0.25, 0.3) is 22.1 Å². The van der Waals surface area contributed by atoms with Crippen molar-refractivity contribution < 1.29 is 8.42 Å². The SMILES string of the molecule is CS(=O)(=O)N1CC=C(c2cc3c(N4CCC[C@@H](n5ccn6ccnc6c5=O)C4)ccc(C#N)c3[nH]2)CC1. The van der Waals surface area contributed by atoms with Crippen LogP contribution >= 0.6 is 0 Å². The summed E-state index contributed by atoms with van der Waals surface area (Å²) < 4.78 is 28.8. The smallest absolute Gasteiger partial charge is 0.294 e. The zero-order chi connectivity index (χ0) is 25.7. The molecule has 3 aromatic heterocycles. The van der Waals surface area contributed by atoms with Crippen LogP contribution in [0.1, 0.15) is 36.6 Å². The first kappa shape index (κ1) is 23.5. The van der Waals surface area contributed by atoms with Crippen molar-refractivity contribution in [1.29, 1.82) is 5.26 Å². The summed E-state index contributed by atoms with van der Waals surface area (Å²) in [7, 11) is -3.23. The molecule has 11 heteroatoms. The maximum absolute atomic E-state index is 13.1. The van der Waals surface area contributed by atoms with Crippen LogP contribution in [0, 0.1) is 11.3 Å². The minimum atomic E-state index is -3.23. The second kappa shape index (κ2) is 8.90. The van der Waals surface area contributed by atoms with Gasteiger partial charge in [-0.15, -0.1) is 0 Å². The summed E-state index contributed by atoms with van der Waals surface area (Å²) in [5, 5.41) is 10.7. The number of hydrogen-bond acceptors (Lipinski definition) is 6. The molecule has 1 atom stereocenters. The van der Waals surface area contributed by atoms with E-state index >= 15 is 0 Å². The van der Waals surface area contributed by atoms with Crippen molar-refractivity contribution in [3.05, 3.63) is 70.7 Å². The molecule has 6 rings (SSSR count). The van der Waals surface area contributed by atoms with Crippen molar-refractivity contribution in [2.24, 2.45) is 0 Å². The number of nitrogens with zero attached hydrogens (tertiary/aromatic N) is 6. The summed E-state index contributed by atoms with van der Waals surface area (Å²) in [4.78, 5) is 23.0. The second-order valence-corrected chi connectivity index (χ2v) is 11.7. The summed E-state index contributed by atoms with van der Waals surface area (Å²) >= 11 is 0. The molecular weight excluding hydrogens is 490 g/mol.